The number of aromatic nitrogens is 2. The maximum absolute atomic E-state index is 6.36. The van der Waals surface area contributed by atoms with Crippen LogP contribution in [0.5, 0.6) is 0 Å². The third-order valence-electron chi connectivity index (χ3n) is 6.73. The minimum Gasteiger partial charge on any atom is -0.350 e. The topological polar surface area (TPSA) is 23.2 Å². The van der Waals surface area contributed by atoms with Crippen molar-refractivity contribution < 1.29 is 4.57 Å². The molecule has 0 unspecified atom stereocenters. The average molecular weight is 452 g/mol. The molecule has 1 aliphatic rings. The highest BCUT2D eigenvalue weighted by Gasteiger charge is 2.42. The van der Waals surface area contributed by atoms with E-state index in [0.29, 0.717) is 5.02 Å². The monoisotopic (exact) mass is 451 g/mol. The second-order valence-electron chi connectivity index (χ2n) is 8.97. The largest absolute Gasteiger partial charge is 0.350 e. The molecule has 4 nitrogen and oxygen atoms in total. The van der Waals surface area contributed by atoms with Crippen molar-refractivity contribution in [2.75, 3.05) is 16.8 Å². The highest BCUT2D eigenvalue weighted by molar-refractivity contribution is 6.31. The number of fused-ring (bicyclic) bond motifs is 3. The molecule has 2 heterocycles. The molecule has 0 amide bonds. The Balaban J connectivity index is 1.71. The van der Waals surface area contributed by atoms with Crippen LogP contribution in [0.1, 0.15) is 13.8 Å². The normalized spacial score (nSPS) is 14.8. The second-order valence-corrected chi connectivity index (χ2v) is 9.41. The number of benzene rings is 4. The standard InChI is InChI=1S/C28H24ClN4/c1-28(2)31(3)26-18-25-23(17-27(26)33(28)21-12-8-5-9-13-21)30-22-16-19(29)14-15-24(22)32(25)20-10-6-4-7-11-20/h4-18H,1-3H3/q+1. The first kappa shape index (κ1) is 20.0. The van der Waals surface area contributed by atoms with Gasteiger partial charge in [0.1, 0.15) is 16.7 Å². The zero-order valence-corrected chi connectivity index (χ0v) is 19.6. The van der Waals surface area contributed by atoms with Crippen molar-refractivity contribution in [1.82, 2.24) is 4.98 Å². The van der Waals surface area contributed by atoms with Gasteiger partial charge in [0.25, 0.3) is 0 Å². The molecule has 4 aromatic carbocycles. The molecule has 6 rings (SSSR count). The lowest BCUT2D eigenvalue weighted by Gasteiger charge is -2.38. The van der Waals surface area contributed by atoms with Gasteiger partial charge in [-0.3, -0.25) is 0 Å². The van der Waals surface area contributed by atoms with E-state index in [4.69, 9.17) is 16.6 Å². The molecule has 0 bridgehead atoms. The number of nitrogens with zero attached hydrogens (tertiary/aromatic N) is 4. The quantitative estimate of drug-likeness (QED) is 0.222. The molecular weight excluding hydrogens is 428 g/mol. The van der Waals surface area contributed by atoms with Crippen LogP contribution in [0.25, 0.3) is 27.8 Å². The van der Waals surface area contributed by atoms with Gasteiger partial charge in [0, 0.05) is 42.0 Å². The molecule has 5 aromatic rings. The third-order valence-corrected chi connectivity index (χ3v) is 6.97. The molecule has 0 atom stereocenters. The van der Waals surface area contributed by atoms with Crippen molar-refractivity contribution in [2.24, 2.45) is 0 Å². The van der Waals surface area contributed by atoms with Crippen LogP contribution in [0.15, 0.2) is 91.0 Å². The molecule has 0 N–H and O–H groups in total. The third kappa shape index (κ3) is 2.98. The number of para-hydroxylation sites is 2. The van der Waals surface area contributed by atoms with Crippen LogP contribution >= 0.6 is 11.6 Å². The van der Waals surface area contributed by atoms with Gasteiger partial charge >= 0.3 is 0 Å². The first-order valence-electron chi connectivity index (χ1n) is 11.1. The van der Waals surface area contributed by atoms with Crippen LogP contribution in [0.4, 0.5) is 17.1 Å². The number of anilines is 3. The lowest BCUT2D eigenvalue weighted by Crippen LogP contribution is -2.48. The molecule has 33 heavy (non-hydrogen) atoms. The highest BCUT2D eigenvalue weighted by atomic mass is 35.5. The van der Waals surface area contributed by atoms with Crippen molar-refractivity contribution in [3.05, 3.63) is 96.0 Å². The molecule has 0 radical (unpaired) electrons. The Morgan fingerprint density at radius 3 is 2.15 bits per heavy atom. The SMILES string of the molecule is CN1c2cc3c(cc2N(c2ccccc2)C1(C)C)nc1cc(Cl)ccc1[n+]3-c1ccccc1. The Morgan fingerprint density at radius 2 is 1.42 bits per heavy atom. The van der Waals surface area contributed by atoms with Crippen molar-refractivity contribution >= 4 is 50.7 Å². The summed E-state index contributed by atoms with van der Waals surface area (Å²) >= 11 is 6.36. The maximum atomic E-state index is 6.36. The minimum absolute atomic E-state index is 0.235. The fraction of sp³-hybridized carbons (Fsp3) is 0.143. The Morgan fingerprint density at radius 1 is 0.758 bits per heavy atom. The van der Waals surface area contributed by atoms with E-state index in [-0.39, 0.29) is 5.66 Å². The van der Waals surface area contributed by atoms with Crippen molar-refractivity contribution in [2.45, 2.75) is 19.5 Å². The number of hydrogen-bond acceptors (Lipinski definition) is 3. The average Bonchev–Trinajstić information content (AvgIpc) is 3.01. The Bertz CT molecular complexity index is 1510. The van der Waals surface area contributed by atoms with Crippen LogP contribution in [-0.2, 0) is 0 Å². The van der Waals surface area contributed by atoms with Crippen LogP contribution in [-0.4, -0.2) is 17.7 Å². The number of hydrogen-bond donors (Lipinski definition) is 0. The Labute approximate surface area is 198 Å². The van der Waals surface area contributed by atoms with Gasteiger partial charge < -0.3 is 9.80 Å². The molecule has 0 spiro atoms. The second kappa shape index (κ2) is 7.19. The summed E-state index contributed by atoms with van der Waals surface area (Å²) in [5, 5.41) is 0.682. The van der Waals surface area contributed by atoms with Crippen LogP contribution in [0.3, 0.4) is 0 Å². The summed E-state index contributed by atoms with van der Waals surface area (Å²) in [5.74, 6) is 0. The van der Waals surface area contributed by atoms with Gasteiger partial charge in [0.15, 0.2) is 0 Å². The van der Waals surface area contributed by atoms with Crippen molar-refractivity contribution in [3.8, 4) is 5.69 Å². The molecule has 0 saturated heterocycles. The Kier molecular flexibility index (Phi) is 4.36. The zero-order valence-electron chi connectivity index (χ0n) is 18.8. The summed E-state index contributed by atoms with van der Waals surface area (Å²) in [7, 11) is 2.16. The predicted molar refractivity (Wildman–Crippen MR) is 137 cm³/mol. The van der Waals surface area contributed by atoms with E-state index in [2.05, 4.69) is 102 Å². The molecule has 1 aliphatic heterocycles. The minimum atomic E-state index is -0.235. The lowest BCUT2D eigenvalue weighted by atomic mass is 10.1. The first-order valence-corrected chi connectivity index (χ1v) is 11.5. The van der Waals surface area contributed by atoms with E-state index in [9.17, 15) is 0 Å². The molecule has 0 aliphatic carbocycles. The fourth-order valence-corrected chi connectivity index (χ4v) is 5.10. The predicted octanol–water partition coefficient (Wildman–Crippen LogP) is 6.64. The maximum Gasteiger partial charge on any atom is 0.239 e. The highest BCUT2D eigenvalue weighted by Crippen LogP contribution is 2.49. The zero-order chi connectivity index (χ0) is 22.7. The van der Waals surface area contributed by atoms with Crippen LogP contribution in [0, 0.1) is 0 Å². The van der Waals surface area contributed by atoms with Gasteiger partial charge in [0.2, 0.25) is 16.7 Å². The summed E-state index contributed by atoms with van der Waals surface area (Å²) < 4.78 is 2.28. The molecule has 0 fully saturated rings. The lowest BCUT2D eigenvalue weighted by molar-refractivity contribution is -0.538. The van der Waals surface area contributed by atoms with Gasteiger partial charge in [-0.2, -0.15) is 0 Å². The van der Waals surface area contributed by atoms with E-state index in [0.717, 1.165) is 39.1 Å². The van der Waals surface area contributed by atoms with Crippen molar-refractivity contribution in [1.29, 1.82) is 0 Å². The van der Waals surface area contributed by atoms with E-state index >= 15 is 0 Å². The number of halogens is 1. The van der Waals surface area contributed by atoms with Crippen LogP contribution < -0.4 is 14.4 Å². The summed E-state index contributed by atoms with van der Waals surface area (Å²) in [6, 6.07) is 31.4. The fourth-order valence-electron chi connectivity index (χ4n) is 4.93. The van der Waals surface area contributed by atoms with Gasteiger partial charge in [-0.05, 0) is 44.2 Å². The van der Waals surface area contributed by atoms with E-state index in [1.807, 2.05) is 24.3 Å². The number of rotatable bonds is 2. The van der Waals surface area contributed by atoms with Gasteiger partial charge in [-0.25, -0.2) is 4.98 Å². The smallest absolute Gasteiger partial charge is 0.239 e. The van der Waals surface area contributed by atoms with Crippen LogP contribution in [0.2, 0.25) is 5.02 Å². The molecular formula is C28H24ClN4+. The van der Waals surface area contributed by atoms with E-state index < -0.39 is 0 Å². The van der Waals surface area contributed by atoms with Gasteiger partial charge in [-0.1, -0.05) is 48.0 Å². The molecule has 1 aromatic heterocycles. The first-order chi connectivity index (χ1) is 15.9. The summed E-state index contributed by atoms with van der Waals surface area (Å²) in [6.45, 7) is 4.50. The molecule has 5 heteroatoms. The molecule has 0 saturated carbocycles. The van der Waals surface area contributed by atoms with Crippen molar-refractivity contribution in [3.63, 3.8) is 0 Å². The van der Waals surface area contributed by atoms with E-state index in [1.54, 1.807) is 0 Å². The van der Waals surface area contributed by atoms with Gasteiger partial charge in [-0.15, -0.1) is 4.57 Å². The molecule has 162 valence electrons. The summed E-state index contributed by atoms with van der Waals surface area (Å²) in [5.41, 5.74) is 8.23. The Hall–Kier alpha value is -3.63. The van der Waals surface area contributed by atoms with Gasteiger partial charge in [0.05, 0.1) is 11.4 Å². The summed E-state index contributed by atoms with van der Waals surface area (Å²) in [6.07, 6.45) is 0. The summed E-state index contributed by atoms with van der Waals surface area (Å²) in [4.78, 5) is 9.78. The van der Waals surface area contributed by atoms with E-state index in [1.165, 1.54) is 5.69 Å².